The van der Waals surface area contributed by atoms with Gasteiger partial charge in [0.2, 0.25) is 0 Å². The first-order valence-corrected chi connectivity index (χ1v) is 6.32. The molecule has 2 rings (SSSR count). The highest BCUT2D eigenvalue weighted by Gasteiger charge is 2.41. The van der Waals surface area contributed by atoms with E-state index in [1.54, 1.807) is 0 Å². The van der Waals surface area contributed by atoms with Crippen LogP contribution in [0.5, 0.6) is 5.75 Å². The van der Waals surface area contributed by atoms with E-state index in [1.807, 2.05) is 31.2 Å². The number of hydrogen-bond acceptors (Lipinski definition) is 3. The molecule has 0 spiro atoms. The van der Waals surface area contributed by atoms with Crippen molar-refractivity contribution >= 4 is 5.97 Å². The topological polar surface area (TPSA) is 58.6 Å². The molecule has 1 unspecified atom stereocenters. The Morgan fingerprint density at radius 1 is 1.44 bits per heavy atom. The number of carboxylic acid groups (broad SMARTS) is 1. The Morgan fingerprint density at radius 3 is 2.67 bits per heavy atom. The van der Waals surface area contributed by atoms with E-state index in [0.29, 0.717) is 26.0 Å². The molecule has 0 saturated carbocycles. The van der Waals surface area contributed by atoms with E-state index in [9.17, 15) is 9.90 Å². The maximum absolute atomic E-state index is 11.4. The van der Waals surface area contributed by atoms with Crippen molar-refractivity contribution in [2.24, 2.45) is 5.41 Å². The molecule has 1 aromatic carbocycles. The third-order valence-electron chi connectivity index (χ3n) is 3.47. The molecular formula is C14H19NO3. The molecule has 0 bridgehead atoms. The lowest BCUT2D eigenvalue weighted by molar-refractivity contribution is -0.147. The molecule has 1 aliphatic rings. The number of carbonyl (C=O) groups is 1. The molecule has 18 heavy (non-hydrogen) atoms. The summed E-state index contributed by atoms with van der Waals surface area (Å²) in [6, 6.07) is 7.70. The summed E-state index contributed by atoms with van der Waals surface area (Å²) in [7, 11) is 0. The summed E-state index contributed by atoms with van der Waals surface area (Å²) in [5, 5.41) is 12.5. The Labute approximate surface area is 107 Å². The zero-order valence-corrected chi connectivity index (χ0v) is 10.6. The Morgan fingerprint density at radius 2 is 2.17 bits per heavy atom. The lowest BCUT2D eigenvalue weighted by atomic mass is 9.81. The van der Waals surface area contributed by atoms with E-state index in [2.05, 4.69) is 5.32 Å². The normalized spacial score (nSPS) is 22.9. The molecule has 4 heteroatoms. The van der Waals surface area contributed by atoms with E-state index in [0.717, 1.165) is 17.9 Å². The number of carboxylic acids is 1. The average molecular weight is 249 g/mol. The number of aliphatic carboxylic acids is 1. The molecule has 1 aromatic rings. The first kappa shape index (κ1) is 12.9. The largest absolute Gasteiger partial charge is 0.494 e. The monoisotopic (exact) mass is 249 g/mol. The van der Waals surface area contributed by atoms with Gasteiger partial charge in [0.15, 0.2) is 0 Å². The summed E-state index contributed by atoms with van der Waals surface area (Å²) in [5.74, 6) is 0.122. The summed E-state index contributed by atoms with van der Waals surface area (Å²) < 4.78 is 5.37. The summed E-state index contributed by atoms with van der Waals surface area (Å²) in [6.45, 7) is 3.92. The number of ether oxygens (including phenoxy) is 1. The minimum atomic E-state index is -0.707. The second-order valence-electron chi connectivity index (χ2n) is 4.77. The summed E-state index contributed by atoms with van der Waals surface area (Å²) in [4.78, 5) is 11.4. The number of nitrogens with one attached hydrogen (secondary N) is 1. The van der Waals surface area contributed by atoms with Gasteiger partial charge < -0.3 is 15.2 Å². The standard InChI is InChI=1S/C14H19NO3/c1-2-18-12-5-3-11(4-6-12)9-14(13(16)17)7-8-15-10-14/h3-6,15H,2,7-10H2,1H3,(H,16,17). The highest BCUT2D eigenvalue weighted by Crippen LogP contribution is 2.30. The van der Waals surface area contributed by atoms with Crippen LogP contribution < -0.4 is 10.1 Å². The summed E-state index contributed by atoms with van der Waals surface area (Å²) in [6.07, 6.45) is 1.26. The third-order valence-corrected chi connectivity index (χ3v) is 3.47. The molecule has 4 nitrogen and oxygen atoms in total. The fraction of sp³-hybridized carbons (Fsp3) is 0.500. The van der Waals surface area contributed by atoms with Crippen molar-refractivity contribution in [1.29, 1.82) is 0 Å². The van der Waals surface area contributed by atoms with Crippen molar-refractivity contribution in [3.05, 3.63) is 29.8 Å². The van der Waals surface area contributed by atoms with Gasteiger partial charge in [0, 0.05) is 6.54 Å². The molecule has 0 amide bonds. The van der Waals surface area contributed by atoms with Crippen LogP contribution in [-0.2, 0) is 11.2 Å². The van der Waals surface area contributed by atoms with Crippen molar-refractivity contribution in [3.63, 3.8) is 0 Å². The van der Waals surface area contributed by atoms with Crippen molar-refractivity contribution in [1.82, 2.24) is 5.32 Å². The fourth-order valence-electron chi connectivity index (χ4n) is 2.41. The molecule has 0 aliphatic carbocycles. The van der Waals surface area contributed by atoms with Gasteiger partial charge in [-0.15, -0.1) is 0 Å². The van der Waals surface area contributed by atoms with Crippen LogP contribution >= 0.6 is 0 Å². The van der Waals surface area contributed by atoms with Crippen LogP contribution in [0, 0.1) is 5.41 Å². The number of hydrogen-bond donors (Lipinski definition) is 2. The van der Waals surface area contributed by atoms with Crippen LogP contribution in [0.15, 0.2) is 24.3 Å². The predicted octanol–water partition coefficient (Wildman–Crippen LogP) is 1.69. The summed E-state index contributed by atoms with van der Waals surface area (Å²) in [5.41, 5.74) is 0.400. The minimum absolute atomic E-state index is 0.551. The van der Waals surface area contributed by atoms with Crippen LogP contribution in [0.1, 0.15) is 18.9 Å². The molecule has 1 saturated heterocycles. The molecule has 1 aliphatic heterocycles. The van der Waals surface area contributed by atoms with Crippen molar-refractivity contribution in [3.8, 4) is 5.75 Å². The van der Waals surface area contributed by atoms with Crippen molar-refractivity contribution in [2.45, 2.75) is 19.8 Å². The third kappa shape index (κ3) is 2.64. The van der Waals surface area contributed by atoms with Gasteiger partial charge >= 0.3 is 5.97 Å². The van der Waals surface area contributed by atoms with Gasteiger partial charge in [-0.05, 0) is 44.0 Å². The highest BCUT2D eigenvalue weighted by molar-refractivity contribution is 5.76. The fourth-order valence-corrected chi connectivity index (χ4v) is 2.41. The molecule has 98 valence electrons. The minimum Gasteiger partial charge on any atom is -0.494 e. The zero-order chi connectivity index (χ0) is 13.0. The molecule has 1 heterocycles. The number of benzene rings is 1. The lowest BCUT2D eigenvalue weighted by Crippen LogP contribution is -2.35. The van der Waals surface area contributed by atoms with Gasteiger partial charge in [-0.3, -0.25) is 4.79 Å². The quantitative estimate of drug-likeness (QED) is 0.833. The van der Waals surface area contributed by atoms with E-state index in [4.69, 9.17) is 4.74 Å². The van der Waals surface area contributed by atoms with Crippen LogP contribution in [0.4, 0.5) is 0 Å². The molecule has 0 aromatic heterocycles. The molecule has 0 radical (unpaired) electrons. The first-order chi connectivity index (χ1) is 8.66. The van der Waals surface area contributed by atoms with Gasteiger partial charge in [-0.25, -0.2) is 0 Å². The van der Waals surface area contributed by atoms with Gasteiger partial charge in [-0.1, -0.05) is 12.1 Å². The Balaban J connectivity index is 2.10. The smallest absolute Gasteiger partial charge is 0.311 e. The van der Waals surface area contributed by atoms with Gasteiger partial charge in [0.1, 0.15) is 5.75 Å². The van der Waals surface area contributed by atoms with Crippen LogP contribution in [0.3, 0.4) is 0 Å². The second-order valence-corrected chi connectivity index (χ2v) is 4.77. The van der Waals surface area contributed by atoms with Crippen molar-refractivity contribution in [2.75, 3.05) is 19.7 Å². The molecule has 1 fully saturated rings. The Bertz CT molecular complexity index is 408. The molecule has 1 atom stereocenters. The predicted molar refractivity (Wildman–Crippen MR) is 68.9 cm³/mol. The second kappa shape index (κ2) is 5.40. The van der Waals surface area contributed by atoms with Gasteiger partial charge in [0.05, 0.1) is 12.0 Å². The maximum atomic E-state index is 11.4. The lowest BCUT2D eigenvalue weighted by Gasteiger charge is -2.23. The van der Waals surface area contributed by atoms with Gasteiger partial charge in [0.25, 0.3) is 0 Å². The zero-order valence-electron chi connectivity index (χ0n) is 10.6. The SMILES string of the molecule is CCOc1ccc(CC2(C(=O)O)CCNC2)cc1. The first-order valence-electron chi connectivity index (χ1n) is 6.32. The van der Waals surface area contributed by atoms with E-state index in [-0.39, 0.29) is 0 Å². The van der Waals surface area contributed by atoms with Crippen molar-refractivity contribution < 1.29 is 14.6 Å². The van der Waals surface area contributed by atoms with Crippen LogP contribution in [0.25, 0.3) is 0 Å². The maximum Gasteiger partial charge on any atom is 0.311 e. The van der Waals surface area contributed by atoms with E-state index >= 15 is 0 Å². The van der Waals surface area contributed by atoms with Crippen LogP contribution in [-0.4, -0.2) is 30.8 Å². The van der Waals surface area contributed by atoms with E-state index < -0.39 is 11.4 Å². The Hall–Kier alpha value is -1.55. The van der Waals surface area contributed by atoms with Gasteiger partial charge in [-0.2, -0.15) is 0 Å². The van der Waals surface area contributed by atoms with E-state index in [1.165, 1.54) is 0 Å². The summed E-state index contributed by atoms with van der Waals surface area (Å²) >= 11 is 0. The van der Waals surface area contributed by atoms with Crippen LogP contribution in [0.2, 0.25) is 0 Å². The highest BCUT2D eigenvalue weighted by atomic mass is 16.5. The molecule has 2 N–H and O–H groups in total. The average Bonchev–Trinajstić information content (AvgIpc) is 2.82. The number of rotatable bonds is 5. The molecular weight excluding hydrogens is 230 g/mol. The Kier molecular flexibility index (Phi) is 3.87.